The molecule has 0 saturated carbocycles. The zero-order chi connectivity index (χ0) is 11.4. The summed E-state index contributed by atoms with van der Waals surface area (Å²) in [5.74, 6) is 2.93. The molecule has 0 heterocycles. The van der Waals surface area contributed by atoms with Crippen LogP contribution in [-0.4, -0.2) is 19.3 Å². The van der Waals surface area contributed by atoms with E-state index in [1.54, 1.807) is 6.08 Å². The van der Waals surface area contributed by atoms with Gasteiger partial charge < -0.3 is 5.11 Å². The molecule has 14 heavy (non-hydrogen) atoms. The molecule has 1 N–H and O–H groups in total. The molecule has 0 aromatic carbocycles. The zero-order valence-corrected chi connectivity index (χ0v) is 11.0. The van der Waals surface area contributed by atoms with E-state index in [9.17, 15) is 5.11 Å². The normalized spacial score (nSPS) is 14.1. The molecule has 0 spiro atoms. The third-order valence-corrected chi connectivity index (χ3v) is 7.34. The Balaban J connectivity index is 4.56. The van der Waals surface area contributed by atoms with Crippen LogP contribution >= 0.6 is 0 Å². The number of aliphatic hydroxyl groups is 1. The van der Waals surface area contributed by atoms with Gasteiger partial charge in [0.25, 0.3) is 0 Å². The molecule has 0 amide bonds. The summed E-state index contributed by atoms with van der Waals surface area (Å²) >= 11 is 0. The lowest BCUT2D eigenvalue weighted by Gasteiger charge is -2.31. The summed E-state index contributed by atoms with van der Waals surface area (Å²) in [5.41, 5.74) is 3.27. The third-order valence-electron chi connectivity index (χ3n) is 2.82. The van der Waals surface area contributed by atoms with E-state index >= 15 is 0 Å². The van der Waals surface area contributed by atoms with E-state index in [4.69, 9.17) is 0 Å². The Hall–Kier alpha value is -0.523. The number of hydrogen-bond donors (Lipinski definition) is 1. The van der Waals surface area contributed by atoms with Crippen LogP contribution in [0.3, 0.4) is 0 Å². The summed E-state index contributed by atoms with van der Waals surface area (Å²) in [5, 5.41) is 9.71. The Labute approximate surface area is 89.2 Å². The number of rotatable bonds is 2. The minimum atomic E-state index is -1.55. The van der Waals surface area contributed by atoms with Crippen molar-refractivity contribution in [3.8, 4) is 11.5 Å². The molecule has 0 fully saturated rings. The monoisotopic (exact) mass is 210 g/mol. The van der Waals surface area contributed by atoms with Gasteiger partial charge in [-0.25, -0.2) is 0 Å². The molecule has 0 aliphatic rings. The van der Waals surface area contributed by atoms with Crippen molar-refractivity contribution in [2.24, 2.45) is 0 Å². The predicted octanol–water partition coefficient (Wildman–Crippen LogP) is 2.97. The molecule has 0 aliphatic heterocycles. The summed E-state index contributed by atoms with van der Waals surface area (Å²) < 4.78 is 0. The lowest BCUT2D eigenvalue weighted by atomic mass is 10.2. The maximum absolute atomic E-state index is 9.46. The van der Waals surface area contributed by atoms with Crippen LogP contribution in [0.4, 0.5) is 0 Å². The van der Waals surface area contributed by atoms with E-state index < -0.39 is 14.2 Å². The van der Waals surface area contributed by atoms with Gasteiger partial charge in [-0.05, 0) is 5.04 Å². The Kier molecular flexibility index (Phi) is 4.63. The molecule has 0 saturated heterocycles. The highest BCUT2D eigenvalue weighted by molar-refractivity contribution is 6.87. The highest BCUT2D eigenvalue weighted by atomic mass is 28.3. The lowest BCUT2D eigenvalue weighted by molar-refractivity contribution is 0.236. The van der Waals surface area contributed by atoms with E-state index in [1.807, 2.05) is 0 Å². The van der Waals surface area contributed by atoms with Crippen molar-refractivity contribution in [3.63, 3.8) is 0 Å². The van der Waals surface area contributed by atoms with Crippen LogP contribution in [0, 0.1) is 11.5 Å². The molecule has 2 heteroatoms. The van der Waals surface area contributed by atoms with Gasteiger partial charge in [-0.15, -0.1) is 12.1 Å². The second kappa shape index (κ2) is 4.81. The Bertz CT molecular complexity index is 250. The molecular weight excluding hydrogens is 188 g/mol. The molecule has 0 unspecified atom stereocenters. The summed E-state index contributed by atoms with van der Waals surface area (Å²) in [6.45, 7) is 14.7. The topological polar surface area (TPSA) is 20.2 Å². The second-order valence-corrected chi connectivity index (χ2v) is 10.2. The average Bonchev–Trinajstić information content (AvgIpc) is 1.99. The highest BCUT2D eigenvalue weighted by Gasteiger charge is 2.33. The summed E-state index contributed by atoms with van der Waals surface area (Å²) in [7, 11) is -1.55. The molecule has 0 rings (SSSR count). The van der Waals surface area contributed by atoms with Crippen LogP contribution < -0.4 is 0 Å². The summed E-state index contributed by atoms with van der Waals surface area (Å²) in [4.78, 5) is 0. The van der Waals surface area contributed by atoms with Gasteiger partial charge in [0.2, 0.25) is 0 Å². The van der Waals surface area contributed by atoms with Crippen LogP contribution in [0.5, 0.6) is 0 Å². The van der Waals surface area contributed by atoms with Gasteiger partial charge in [-0.1, -0.05) is 45.9 Å². The van der Waals surface area contributed by atoms with Gasteiger partial charge in [0.05, 0.1) is 0 Å². The molecule has 0 aromatic rings. The molecule has 1 atom stereocenters. The van der Waals surface area contributed by atoms with Crippen molar-refractivity contribution in [2.45, 2.75) is 51.4 Å². The quantitative estimate of drug-likeness (QED) is 0.422. The Morgan fingerprint density at radius 1 is 1.43 bits per heavy atom. The van der Waals surface area contributed by atoms with Crippen molar-refractivity contribution < 1.29 is 5.11 Å². The molecule has 0 aromatic heterocycles. The lowest BCUT2D eigenvalue weighted by Crippen LogP contribution is -2.35. The van der Waals surface area contributed by atoms with Gasteiger partial charge in [0.1, 0.15) is 14.2 Å². The summed E-state index contributed by atoms with van der Waals surface area (Å²) in [6, 6.07) is 0. The van der Waals surface area contributed by atoms with Gasteiger partial charge >= 0.3 is 0 Å². The van der Waals surface area contributed by atoms with Gasteiger partial charge in [0, 0.05) is 6.42 Å². The SMILES string of the molecule is C=CC[C@@H](O)C#C[Si](C)(C)C(C)(C)C. The van der Waals surface area contributed by atoms with Crippen LogP contribution in [0.25, 0.3) is 0 Å². The highest BCUT2D eigenvalue weighted by Crippen LogP contribution is 2.35. The van der Waals surface area contributed by atoms with Crippen molar-refractivity contribution in [3.05, 3.63) is 12.7 Å². The van der Waals surface area contributed by atoms with E-state index in [0.717, 1.165) is 0 Å². The van der Waals surface area contributed by atoms with E-state index in [1.165, 1.54) is 0 Å². The molecule has 1 nitrogen and oxygen atoms in total. The minimum Gasteiger partial charge on any atom is -0.380 e. The fourth-order valence-corrected chi connectivity index (χ4v) is 1.57. The molecule has 0 bridgehead atoms. The van der Waals surface area contributed by atoms with Crippen LogP contribution in [0.15, 0.2) is 12.7 Å². The smallest absolute Gasteiger partial charge is 0.137 e. The molecular formula is C12H22OSi. The first kappa shape index (κ1) is 13.5. The fraction of sp³-hybridized carbons (Fsp3) is 0.667. The number of hydrogen-bond acceptors (Lipinski definition) is 1. The van der Waals surface area contributed by atoms with E-state index in [0.29, 0.717) is 6.42 Å². The van der Waals surface area contributed by atoms with Crippen LogP contribution in [0.2, 0.25) is 18.1 Å². The standard InChI is InChI=1S/C12H22OSi/c1-7-8-11(13)9-10-14(5,6)12(2,3)4/h7,11,13H,1,8H2,2-6H3/t11-/m1/s1. The third kappa shape index (κ3) is 4.12. The Morgan fingerprint density at radius 2 is 1.93 bits per heavy atom. The Morgan fingerprint density at radius 3 is 2.29 bits per heavy atom. The maximum atomic E-state index is 9.46. The zero-order valence-electron chi connectivity index (χ0n) is 10.0. The molecule has 0 radical (unpaired) electrons. The van der Waals surface area contributed by atoms with Crippen LogP contribution in [-0.2, 0) is 0 Å². The first-order valence-corrected chi connectivity index (χ1v) is 8.02. The second-order valence-electron chi connectivity index (χ2n) is 5.18. The van der Waals surface area contributed by atoms with Gasteiger partial charge in [-0.3, -0.25) is 0 Å². The first-order valence-electron chi connectivity index (χ1n) is 5.02. The molecule has 0 aliphatic carbocycles. The van der Waals surface area contributed by atoms with Gasteiger partial charge in [-0.2, -0.15) is 0 Å². The number of aliphatic hydroxyl groups excluding tert-OH is 1. The van der Waals surface area contributed by atoms with Crippen molar-refractivity contribution in [1.82, 2.24) is 0 Å². The van der Waals surface area contributed by atoms with Crippen molar-refractivity contribution >= 4 is 8.07 Å². The largest absolute Gasteiger partial charge is 0.380 e. The van der Waals surface area contributed by atoms with E-state index in [2.05, 4.69) is 51.9 Å². The fourth-order valence-electron chi connectivity index (χ4n) is 0.668. The minimum absolute atomic E-state index is 0.258. The molecule has 80 valence electrons. The summed E-state index contributed by atoms with van der Waals surface area (Å²) in [6.07, 6.45) is 1.72. The van der Waals surface area contributed by atoms with Crippen LogP contribution in [0.1, 0.15) is 27.2 Å². The van der Waals surface area contributed by atoms with Crippen molar-refractivity contribution in [2.75, 3.05) is 0 Å². The van der Waals surface area contributed by atoms with Crippen molar-refractivity contribution in [1.29, 1.82) is 0 Å². The first-order chi connectivity index (χ1) is 6.20. The predicted molar refractivity (Wildman–Crippen MR) is 65.8 cm³/mol. The maximum Gasteiger partial charge on any atom is 0.137 e. The average molecular weight is 210 g/mol. The van der Waals surface area contributed by atoms with Gasteiger partial charge in [0.15, 0.2) is 0 Å². The van der Waals surface area contributed by atoms with E-state index in [-0.39, 0.29) is 5.04 Å².